The number of carbonyl (C=O) groups is 1. The van der Waals surface area contributed by atoms with Crippen LogP contribution in [0.5, 0.6) is 0 Å². The number of unbranched alkanes of at least 4 members (excludes halogenated alkanes) is 2. The first-order valence-corrected chi connectivity index (χ1v) is 6.23. The van der Waals surface area contributed by atoms with Crippen LogP contribution < -0.4 is 5.73 Å². The maximum Gasteiger partial charge on any atom is 0.229 e. The van der Waals surface area contributed by atoms with Crippen LogP contribution in [0, 0.1) is 5.41 Å². The van der Waals surface area contributed by atoms with Gasteiger partial charge in [-0.05, 0) is 32.1 Å². The molecule has 0 aromatic rings. The van der Waals surface area contributed by atoms with Gasteiger partial charge in [0.05, 0.1) is 5.41 Å². The van der Waals surface area contributed by atoms with Gasteiger partial charge in [-0.2, -0.15) is 0 Å². The summed E-state index contributed by atoms with van der Waals surface area (Å²) in [4.78, 5) is 13.9. The molecule has 0 unspecified atom stereocenters. The molecule has 1 rings (SSSR count). The summed E-state index contributed by atoms with van der Waals surface area (Å²) in [6, 6.07) is 0. The van der Waals surface area contributed by atoms with Crippen LogP contribution in [-0.2, 0) is 4.79 Å². The maximum atomic E-state index is 12.1. The molecule has 0 aliphatic heterocycles. The van der Waals surface area contributed by atoms with E-state index >= 15 is 0 Å². The van der Waals surface area contributed by atoms with Gasteiger partial charge in [-0.3, -0.25) is 4.79 Å². The van der Waals surface area contributed by atoms with E-state index < -0.39 is 0 Å². The summed E-state index contributed by atoms with van der Waals surface area (Å²) in [5, 5.41) is 8.66. The van der Waals surface area contributed by atoms with Crippen LogP contribution in [0.2, 0.25) is 0 Å². The minimum atomic E-state index is -0.244. The normalized spacial score (nSPS) is 17.9. The van der Waals surface area contributed by atoms with E-state index in [2.05, 4.69) is 0 Å². The molecule has 0 atom stereocenters. The summed E-state index contributed by atoms with van der Waals surface area (Å²) < 4.78 is 0. The number of hydrogen-bond donors (Lipinski definition) is 2. The van der Waals surface area contributed by atoms with Crippen molar-refractivity contribution in [2.75, 3.05) is 26.7 Å². The Labute approximate surface area is 97.8 Å². The van der Waals surface area contributed by atoms with Crippen molar-refractivity contribution in [1.82, 2.24) is 4.90 Å². The Balaban J connectivity index is 2.30. The first-order chi connectivity index (χ1) is 7.66. The molecule has 0 heterocycles. The molecule has 4 nitrogen and oxygen atoms in total. The molecule has 16 heavy (non-hydrogen) atoms. The number of aliphatic hydroxyl groups excluding tert-OH is 1. The molecule has 4 heteroatoms. The third-order valence-electron chi connectivity index (χ3n) is 3.65. The second-order valence-electron chi connectivity index (χ2n) is 4.85. The lowest BCUT2D eigenvalue weighted by Crippen LogP contribution is -2.51. The van der Waals surface area contributed by atoms with Crippen molar-refractivity contribution >= 4 is 5.91 Å². The first-order valence-electron chi connectivity index (χ1n) is 6.23. The third-order valence-corrected chi connectivity index (χ3v) is 3.65. The average Bonchev–Trinajstić information content (AvgIpc) is 2.23. The Morgan fingerprint density at radius 1 is 1.38 bits per heavy atom. The Hall–Kier alpha value is -0.610. The lowest BCUT2D eigenvalue weighted by atomic mass is 9.68. The first kappa shape index (κ1) is 13.5. The molecule has 0 spiro atoms. The fraction of sp³-hybridized carbons (Fsp3) is 0.917. The second-order valence-corrected chi connectivity index (χ2v) is 4.85. The zero-order valence-electron chi connectivity index (χ0n) is 10.2. The molecule has 0 radical (unpaired) electrons. The minimum absolute atomic E-state index is 0.213. The number of hydrogen-bond acceptors (Lipinski definition) is 3. The summed E-state index contributed by atoms with van der Waals surface area (Å²) in [6.45, 7) is 1.50. The Bertz CT molecular complexity index is 222. The summed E-state index contributed by atoms with van der Waals surface area (Å²) in [7, 11) is 1.86. The number of aliphatic hydroxyl groups is 1. The zero-order chi connectivity index (χ0) is 12.0. The summed E-state index contributed by atoms with van der Waals surface area (Å²) in [5.41, 5.74) is 5.46. The maximum absolute atomic E-state index is 12.1. The van der Waals surface area contributed by atoms with Crippen molar-refractivity contribution in [3.63, 3.8) is 0 Å². The molecule has 0 aromatic carbocycles. The molecule has 1 fully saturated rings. The SMILES string of the molecule is CN(CCCCCO)C(=O)C1(CN)CCC1. The van der Waals surface area contributed by atoms with E-state index in [0.29, 0.717) is 6.54 Å². The minimum Gasteiger partial charge on any atom is -0.396 e. The van der Waals surface area contributed by atoms with Crippen molar-refractivity contribution in [3.8, 4) is 0 Å². The van der Waals surface area contributed by atoms with Gasteiger partial charge in [0.1, 0.15) is 0 Å². The molecule has 3 N–H and O–H groups in total. The Morgan fingerprint density at radius 3 is 2.50 bits per heavy atom. The molecule has 1 aliphatic carbocycles. The van der Waals surface area contributed by atoms with Gasteiger partial charge in [0, 0.05) is 26.7 Å². The number of amides is 1. The van der Waals surface area contributed by atoms with Crippen LogP contribution in [0.1, 0.15) is 38.5 Å². The van der Waals surface area contributed by atoms with Crippen molar-refractivity contribution in [1.29, 1.82) is 0 Å². The highest BCUT2D eigenvalue weighted by molar-refractivity contribution is 5.83. The van der Waals surface area contributed by atoms with Gasteiger partial charge in [-0.1, -0.05) is 6.42 Å². The quantitative estimate of drug-likeness (QED) is 0.631. The van der Waals surface area contributed by atoms with Crippen molar-refractivity contribution in [3.05, 3.63) is 0 Å². The fourth-order valence-electron chi connectivity index (χ4n) is 2.25. The van der Waals surface area contributed by atoms with Crippen LogP contribution in [0.25, 0.3) is 0 Å². The van der Waals surface area contributed by atoms with Crippen LogP contribution in [0.15, 0.2) is 0 Å². The van der Waals surface area contributed by atoms with Gasteiger partial charge in [0.2, 0.25) is 5.91 Å². The van der Waals surface area contributed by atoms with E-state index in [4.69, 9.17) is 10.8 Å². The molecule has 1 amide bonds. The van der Waals surface area contributed by atoms with Crippen molar-refractivity contribution in [2.24, 2.45) is 11.1 Å². The number of nitrogens with two attached hydrogens (primary N) is 1. The number of nitrogens with zero attached hydrogens (tertiary/aromatic N) is 1. The van der Waals surface area contributed by atoms with E-state index in [1.807, 2.05) is 11.9 Å². The van der Waals surface area contributed by atoms with E-state index in [-0.39, 0.29) is 17.9 Å². The topological polar surface area (TPSA) is 66.6 Å². The lowest BCUT2D eigenvalue weighted by Gasteiger charge is -2.41. The van der Waals surface area contributed by atoms with Gasteiger partial charge in [0.15, 0.2) is 0 Å². The highest BCUT2D eigenvalue weighted by Crippen LogP contribution is 2.41. The molecular formula is C12H24N2O2. The summed E-state index contributed by atoms with van der Waals surface area (Å²) in [5.74, 6) is 0.213. The molecule has 1 saturated carbocycles. The largest absolute Gasteiger partial charge is 0.396 e. The summed E-state index contributed by atoms with van der Waals surface area (Å²) in [6.07, 6.45) is 5.78. The fourth-order valence-corrected chi connectivity index (χ4v) is 2.25. The van der Waals surface area contributed by atoms with Crippen molar-refractivity contribution in [2.45, 2.75) is 38.5 Å². The van der Waals surface area contributed by atoms with E-state index in [1.165, 1.54) is 0 Å². The van der Waals surface area contributed by atoms with E-state index in [9.17, 15) is 4.79 Å². The van der Waals surface area contributed by atoms with Gasteiger partial charge >= 0.3 is 0 Å². The molecule has 0 bridgehead atoms. The molecule has 1 aliphatic rings. The highest BCUT2D eigenvalue weighted by atomic mass is 16.2. The van der Waals surface area contributed by atoms with Gasteiger partial charge in [-0.15, -0.1) is 0 Å². The molecule has 0 aromatic heterocycles. The third kappa shape index (κ3) is 2.95. The molecular weight excluding hydrogens is 204 g/mol. The second kappa shape index (κ2) is 6.21. The van der Waals surface area contributed by atoms with E-state index in [1.54, 1.807) is 0 Å². The van der Waals surface area contributed by atoms with Crippen LogP contribution in [0.3, 0.4) is 0 Å². The Morgan fingerprint density at radius 2 is 2.06 bits per heavy atom. The van der Waals surface area contributed by atoms with Crippen LogP contribution in [-0.4, -0.2) is 42.7 Å². The zero-order valence-corrected chi connectivity index (χ0v) is 10.2. The van der Waals surface area contributed by atoms with Crippen LogP contribution >= 0.6 is 0 Å². The number of carbonyl (C=O) groups excluding carboxylic acids is 1. The standard InChI is InChI=1S/C12H24N2O2/c1-14(8-3-2-4-9-15)11(16)12(10-13)6-5-7-12/h15H,2-10,13H2,1H3. The van der Waals surface area contributed by atoms with Crippen LogP contribution in [0.4, 0.5) is 0 Å². The molecule has 0 saturated heterocycles. The average molecular weight is 228 g/mol. The van der Waals surface area contributed by atoms with Gasteiger partial charge in [0.25, 0.3) is 0 Å². The molecule has 94 valence electrons. The smallest absolute Gasteiger partial charge is 0.229 e. The highest BCUT2D eigenvalue weighted by Gasteiger charge is 2.44. The number of rotatable bonds is 7. The predicted octanol–water partition coefficient (Wildman–Crippen LogP) is 0.736. The summed E-state index contributed by atoms with van der Waals surface area (Å²) >= 11 is 0. The van der Waals surface area contributed by atoms with E-state index in [0.717, 1.165) is 45.1 Å². The van der Waals surface area contributed by atoms with Gasteiger partial charge in [-0.25, -0.2) is 0 Å². The Kier molecular flexibility index (Phi) is 5.22. The lowest BCUT2D eigenvalue weighted by molar-refractivity contribution is -0.145. The van der Waals surface area contributed by atoms with Gasteiger partial charge < -0.3 is 15.7 Å². The monoisotopic (exact) mass is 228 g/mol. The van der Waals surface area contributed by atoms with Crippen molar-refractivity contribution < 1.29 is 9.90 Å². The predicted molar refractivity (Wildman–Crippen MR) is 63.9 cm³/mol.